The van der Waals surface area contributed by atoms with Gasteiger partial charge in [0.15, 0.2) is 12.2 Å². The summed E-state index contributed by atoms with van der Waals surface area (Å²) in [6, 6.07) is 5.78. The molecule has 0 aliphatic heterocycles. The van der Waals surface area contributed by atoms with Gasteiger partial charge < -0.3 is 9.73 Å². The molecule has 1 aromatic heterocycles. The first-order valence-electron chi connectivity index (χ1n) is 6.47. The molecule has 2 rings (SSSR count). The van der Waals surface area contributed by atoms with Gasteiger partial charge in [0.1, 0.15) is 5.69 Å². The van der Waals surface area contributed by atoms with Crippen molar-refractivity contribution in [1.29, 1.82) is 0 Å². The predicted molar refractivity (Wildman–Crippen MR) is 78.2 cm³/mol. The van der Waals surface area contributed by atoms with E-state index in [1.807, 2.05) is 25.1 Å². The lowest BCUT2D eigenvalue weighted by Gasteiger charge is -2.08. The summed E-state index contributed by atoms with van der Waals surface area (Å²) in [5, 5.41) is 4.12. The zero-order chi connectivity index (χ0) is 13.8. The molecule has 0 atom stereocenters. The Bertz CT molecular complexity index is 549. The third-order valence-electron chi connectivity index (χ3n) is 2.92. The number of oxazole rings is 1. The minimum absolute atomic E-state index is 0.618. The van der Waals surface area contributed by atoms with E-state index < -0.39 is 0 Å². The number of benzene rings is 1. The van der Waals surface area contributed by atoms with Crippen LogP contribution in [0.4, 0.5) is 0 Å². The Kier molecular flexibility index (Phi) is 4.61. The molecule has 0 bridgehead atoms. The van der Waals surface area contributed by atoms with E-state index in [0.717, 1.165) is 34.1 Å². The van der Waals surface area contributed by atoms with Gasteiger partial charge in [-0.1, -0.05) is 25.4 Å². The lowest BCUT2D eigenvalue weighted by atomic mass is 10.1. The lowest BCUT2D eigenvalue weighted by Crippen LogP contribution is -2.19. The van der Waals surface area contributed by atoms with Crippen molar-refractivity contribution in [2.45, 2.75) is 27.3 Å². The second-order valence-corrected chi connectivity index (χ2v) is 5.55. The minimum atomic E-state index is 0.618. The summed E-state index contributed by atoms with van der Waals surface area (Å²) in [5.74, 6) is 1.44. The molecule has 0 aliphatic rings. The highest BCUT2D eigenvalue weighted by atomic mass is 35.5. The molecule has 2 aromatic rings. The predicted octanol–water partition coefficient (Wildman–Crippen LogP) is 4.05. The molecule has 0 unspecified atom stereocenters. The maximum Gasteiger partial charge on any atom is 0.181 e. The van der Waals surface area contributed by atoms with Crippen molar-refractivity contribution in [3.8, 4) is 11.3 Å². The molecule has 1 N–H and O–H groups in total. The molecule has 0 spiro atoms. The number of halogens is 1. The second kappa shape index (κ2) is 6.22. The van der Waals surface area contributed by atoms with Crippen molar-refractivity contribution < 1.29 is 4.42 Å². The van der Waals surface area contributed by atoms with Crippen molar-refractivity contribution in [1.82, 2.24) is 10.3 Å². The summed E-state index contributed by atoms with van der Waals surface area (Å²) in [7, 11) is 0. The number of hydrogen-bond donors (Lipinski definition) is 1. The molecule has 0 aliphatic carbocycles. The SMILES string of the molecule is Cc1cc(Cl)ccc1-c1ocnc1CNCC(C)C. The van der Waals surface area contributed by atoms with E-state index in [1.54, 1.807) is 0 Å². The van der Waals surface area contributed by atoms with E-state index in [-0.39, 0.29) is 0 Å². The third kappa shape index (κ3) is 3.58. The van der Waals surface area contributed by atoms with Crippen LogP contribution in [0.3, 0.4) is 0 Å². The number of rotatable bonds is 5. The molecule has 4 heteroatoms. The van der Waals surface area contributed by atoms with Crippen molar-refractivity contribution >= 4 is 11.6 Å². The van der Waals surface area contributed by atoms with Gasteiger partial charge in [-0.3, -0.25) is 0 Å². The first kappa shape index (κ1) is 14.1. The van der Waals surface area contributed by atoms with Gasteiger partial charge in [0.05, 0.1) is 0 Å². The van der Waals surface area contributed by atoms with E-state index in [0.29, 0.717) is 12.5 Å². The molecule has 0 saturated heterocycles. The highest BCUT2D eigenvalue weighted by molar-refractivity contribution is 6.30. The fraction of sp³-hybridized carbons (Fsp3) is 0.400. The van der Waals surface area contributed by atoms with Crippen molar-refractivity contribution in [2.75, 3.05) is 6.54 Å². The molecule has 19 heavy (non-hydrogen) atoms. The maximum absolute atomic E-state index is 5.98. The van der Waals surface area contributed by atoms with Crippen LogP contribution in [0, 0.1) is 12.8 Å². The standard InChI is InChI=1S/C15H19ClN2O/c1-10(2)7-17-8-14-15(19-9-18-14)13-5-4-12(16)6-11(13)3/h4-6,9-10,17H,7-8H2,1-3H3. The first-order valence-corrected chi connectivity index (χ1v) is 6.85. The lowest BCUT2D eigenvalue weighted by molar-refractivity contribution is 0.545. The fourth-order valence-electron chi connectivity index (χ4n) is 1.98. The van der Waals surface area contributed by atoms with Crippen LogP contribution in [0.15, 0.2) is 29.0 Å². The monoisotopic (exact) mass is 278 g/mol. The number of aromatic nitrogens is 1. The Morgan fingerprint density at radius 2 is 2.16 bits per heavy atom. The topological polar surface area (TPSA) is 38.1 Å². The molecule has 102 valence electrons. The van der Waals surface area contributed by atoms with E-state index in [9.17, 15) is 0 Å². The van der Waals surface area contributed by atoms with Crippen LogP contribution in [0.25, 0.3) is 11.3 Å². The second-order valence-electron chi connectivity index (χ2n) is 5.11. The van der Waals surface area contributed by atoms with Crippen LogP contribution in [-0.2, 0) is 6.54 Å². The van der Waals surface area contributed by atoms with Gasteiger partial charge in [-0.15, -0.1) is 0 Å². The fourth-order valence-corrected chi connectivity index (χ4v) is 2.20. The number of nitrogens with one attached hydrogen (secondary N) is 1. The van der Waals surface area contributed by atoms with Gasteiger partial charge in [-0.25, -0.2) is 4.98 Å². The summed E-state index contributed by atoms with van der Waals surface area (Å²) in [6.07, 6.45) is 1.50. The van der Waals surface area contributed by atoms with E-state index in [2.05, 4.69) is 24.1 Å². The van der Waals surface area contributed by atoms with Crippen LogP contribution in [-0.4, -0.2) is 11.5 Å². The van der Waals surface area contributed by atoms with Gasteiger partial charge in [0.2, 0.25) is 0 Å². The third-order valence-corrected chi connectivity index (χ3v) is 3.15. The molecule has 3 nitrogen and oxygen atoms in total. The summed E-state index contributed by atoms with van der Waals surface area (Å²) in [5.41, 5.74) is 3.07. The average Bonchev–Trinajstić information content (AvgIpc) is 2.77. The highest BCUT2D eigenvalue weighted by Gasteiger charge is 2.13. The summed E-state index contributed by atoms with van der Waals surface area (Å²) in [6.45, 7) is 8.06. The summed E-state index contributed by atoms with van der Waals surface area (Å²) < 4.78 is 5.53. The van der Waals surface area contributed by atoms with Gasteiger partial charge in [-0.05, 0) is 43.1 Å². The zero-order valence-corrected chi connectivity index (χ0v) is 12.3. The Morgan fingerprint density at radius 1 is 1.37 bits per heavy atom. The Balaban J connectivity index is 2.19. The van der Waals surface area contributed by atoms with Crippen molar-refractivity contribution in [2.24, 2.45) is 5.92 Å². The highest BCUT2D eigenvalue weighted by Crippen LogP contribution is 2.28. The van der Waals surface area contributed by atoms with Crippen LogP contribution in [0.1, 0.15) is 25.1 Å². The number of aryl methyl sites for hydroxylation is 1. The molecule has 1 heterocycles. The quantitative estimate of drug-likeness (QED) is 0.897. The molecule has 0 amide bonds. The summed E-state index contributed by atoms with van der Waals surface area (Å²) in [4.78, 5) is 4.29. The minimum Gasteiger partial charge on any atom is -0.443 e. The molecule has 0 radical (unpaired) electrons. The van der Waals surface area contributed by atoms with Gasteiger partial charge in [-0.2, -0.15) is 0 Å². The molecule has 1 aromatic carbocycles. The molecule has 0 fully saturated rings. The van der Waals surface area contributed by atoms with Crippen LogP contribution in [0.5, 0.6) is 0 Å². The zero-order valence-electron chi connectivity index (χ0n) is 11.5. The smallest absolute Gasteiger partial charge is 0.181 e. The average molecular weight is 279 g/mol. The first-order chi connectivity index (χ1) is 9.08. The van der Waals surface area contributed by atoms with Gasteiger partial charge in [0.25, 0.3) is 0 Å². The largest absolute Gasteiger partial charge is 0.443 e. The molecule has 0 saturated carbocycles. The van der Waals surface area contributed by atoms with E-state index >= 15 is 0 Å². The van der Waals surface area contributed by atoms with Gasteiger partial charge >= 0.3 is 0 Å². The van der Waals surface area contributed by atoms with E-state index in [4.69, 9.17) is 16.0 Å². The van der Waals surface area contributed by atoms with Crippen molar-refractivity contribution in [3.63, 3.8) is 0 Å². The van der Waals surface area contributed by atoms with Crippen LogP contribution in [0.2, 0.25) is 5.02 Å². The molecular weight excluding hydrogens is 260 g/mol. The Morgan fingerprint density at radius 3 is 2.84 bits per heavy atom. The van der Waals surface area contributed by atoms with Crippen LogP contribution >= 0.6 is 11.6 Å². The molecular formula is C15H19ClN2O. The van der Waals surface area contributed by atoms with Crippen LogP contribution < -0.4 is 5.32 Å². The number of hydrogen-bond acceptors (Lipinski definition) is 3. The van der Waals surface area contributed by atoms with Crippen molar-refractivity contribution in [3.05, 3.63) is 40.9 Å². The normalized spacial score (nSPS) is 11.2. The Hall–Kier alpha value is -1.32. The summed E-state index contributed by atoms with van der Waals surface area (Å²) >= 11 is 5.98. The van der Waals surface area contributed by atoms with E-state index in [1.165, 1.54) is 6.39 Å². The Labute approximate surface area is 119 Å². The maximum atomic E-state index is 5.98. The van der Waals surface area contributed by atoms with Gasteiger partial charge in [0, 0.05) is 17.1 Å². The number of nitrogens with zero attached hydrogens (tertiary/aromatic N) is 1.